The second-order valence-electron chi connectivity index (χ2n) is 16.8. The molecule has 0 radical (unpaired) electrons. The standard InChI is InChI=1S/C41H60ClN3O5SSi/c1-9-11-13-17-36(50-52(7,8)40(4,5)6)32-20-18-31(32)26-45-27-41(24-14-16-34-33(41)21-23-38(42)43-34)28-49-37-22-19-30(25-35(37)45)39(46)44-51(47,48)29(3)15-12-10-2/h10,13,17,19,21-23,25,29,31-32,36H,2,9,11-12,14-16,18,20,24,26-28H2,1,3-8H3,(H,44,46)/b17-13+/t29-,31+,32-,36+,41+/m1/s1. The molecule has 1 N–H and O–H groups in total. The van der Waals surface area contributed by atoms with Crippen molar-refractivity contribution in [2.24, 2.45) is 11.8 Å². The topological polar surface area (TPSA) is 97.8 Å². The molecule has 1 fully saturated rings. The summed E-state index contributed by atoms with van der Waals surface area (Å²) in [6.07, 6.45) is 14.4. The lowest BCUT2D eigenvalue weighted by atomic mass is 9.69. The maximum Gasteiger partial charge on any atom is 0.264 e. The summed E-state index contributed by atoms with van der Waals surface area (Å²) in [6, 6.07) is 9.30. The zero-order valence-electron chi connectivity index (χ0n) is 32.3. The van der Waals surface area contributed by atoms with Gasteiger partial charge in [0.1, 0.15) is 10.9 Å². The Hall–Kier alpha value is -2.66. The zero-order chi connectivity index (χ0) is 37.9. The van der Waals surface area contributed by atoms with Crippen LogP contribution >= 0.6 is 11.6 Å². The Morgan fingerprint density at radius 3 is 2.67 bits per heavy atom. The molecule has 1 spiro atoms. The number of sulfonamides is 1. The highest BCUT2D eigenvalue weighted by Gasteiger charge is 2.47. The Morgan fingerprint density at radius 1 is 1.23 bits per heavy atom. The van der Waals surface area contributed by atoms with Gasteiger partial charge in [0.15, 0.2) is 8.32 Å². The van der Waals surface area contributed by atoms with Gasteiger partial charge in [0, 0.05) is 29.8 Å². The minimum absolute atomic E-state index is 0.0370. The van der Waals surface area contributed by atoms with Gasteiger partial charge in [-0.15, -0.1) is 6.58 Å². The number of unbranched alkanes of at least 4 members (excludes halogenated alkanes) is 1. The number of aromatic nitrogens is 1. The first-order valence-corrected chi connectivity index (χ1v) is 24.0. The first kappa shape index (κ1) is 40.5. The second kappa shape index (κ2) is 16.4. The lowest BCUT2D eigenvalue weighted by Crippen LogP contribution is -2.52. The Morgan fingerprint density at radius 2 is 2.00 bits per heavy atom. The molecule has 0 bridgehead atoms. The summed E-state index contributed by atoms with van der Waals surface area (Å²) in [7, 11) is -5.93. The van der Waals surface area contributed by atoms with Crippen LogP contribution in [0.15, 0.2) is 55.1 Å². The average Bonchev–Trinajstić information content (AvgIpc) is 3.21. The average molecular weight is 771 g/mol. The molecule has 0 unspecified atom stereocenters. The Kier molecular flexibility index (Phi) is 12.8. The number of nitrogens with one attached hydrogen (secondary N) is 1. The van der Waals surface area contributed by atoms with Gasteiger partial charge in [-0.2, -0.15) is 0 Å². The number of aryl methyl sites for hydroxylation is 1. The number of anilines is 1. The van der Waals surface area contributed by atoms with Gasteiger partial charge < -0.3 is 14.1 Å². The molecule has 2 aliphatic carbocycles. The Labute approximate surface area is 319 Å². The summed E-state index contributed by atoms with van der Waals surface area (Å²) >= 11 is 6.38. The van der Waals surface area contributed by atoms with Gasteiger partial charge in [-0.25, -0.2) is 18.1 Å². The van der Waals surface area contributed by atoms with Crippen LogP contribution in [0, 0.1) is 11.8 Å². The molecule has 1 amide bonds. The summed E-state index contributed by atoms with van der Waals surface area (Å²) < 4.78 is 42.3. The highest BCUT2D eigenvalue weighted by molar-refractivity contribution is 7.90. The van der Waals surface area contributed by atoms with Crippen LogP contribution in [0.1, 0.15) is 108 Å². The maximum atomic E-state index is 13.6. The van der Waals surface area contributed by atoms with E-state index >= 15 is 0 Å². The normalized spacial score (nSPS) is 23.2. The summed E-state index contributed by atoms with van der Waals surface area (Å²) in [5.41, 5.74) is 2.96. The zero-order valence-corrected chi connectivity index (χ0v) is 34.9. The van der Waals surface area contributed by atoms with Crippen LogP contribution in [0.5, 0.6) is 5.75 Å². The fraction of sp³-hybridized carbons (Fsp3) is 0.610. The number of halogens is 1. The van der Waals surface area contributed by atoms with Crippen LogP contribution in [0.4, 0.5) is 5.69 Å². The molecule has 1 aromatic carbocycles. The summed E-state index contributed by atoms with van der Waals surface area (Å²) in [6.45, 7) is 21.0. The number of allylic oxidation sites excluding steroid dienone is 2. The molecule has 1 aliphatic heterocycles. The van der Waals surface area contributed by atoms with E-state index in [0.29, 0.717) is 48.7 Å². The van der Waals surface area contributed by atoms with Gasteiger partial charge in [-0.3, -0.25) is 4.79 Å². The monoisotopic (exact) mass is 769 g/mol. The minimum atomic E-state index is -3.87. The van der Waals surface area contributed by atoms with Crippen molar-refractivity contribution in [2.45, 2.75) is 127 Å². The van der Waals surface area contributed by atoms with Crippen LogP contribution in [0.2, 0.25) is 23.3 Å². The molecule has 3 aliphatic rings. The number of carbonyl (C=O) groups is 1. The highest BCUT2D eigenvalue weighted by atomic mass is 35.5. The number of fused-ring (bicyclic) bond motifs is 3. The van der Waals surface area contributed by atoms with Crippen LogP contribution < -0.4 is 14.4 Å². The van der Waals surface area contributed by atoms with Crippen molar-refractivity contribution in [3.05, 3.63) is 77.1 Å². The molecule has 8 nitrogen and oxygen atoms in total. The molecule has 5 atom stereocenters. The quantitative estimate of drug-likeness (QED) is 0.116. The van der Waals surface area contributed by atoms with Gasteiger partial charge in [0.05, 0.1) is 23.6 Å². The van der Waals surface area contributed by atoms with E-state index in [-0.39, 0.29) is 22.1 Å². The van der Waals surface area contributed by atoms with Gasteiger partial charge in [-0.1, -0.05) is 70.0 Å². The molecular formula is C41H60ClN3O5SSi. The number of pyridine rings is 1. The fourth-order valence-electron chi connectivity index (χ4n) is 7.61. The smallest absolute Gasteiger partial charge is 0.264 e. The van der Waals surface area contributed by atoms with E-state index in [4.69, 9.17) is 25.7 Å². The van der Waals surface area contributed by atoms with E-state index in [2.05, 4.69) is 75.2 Å². The Bertz CT molecular complexity index is 1740. The number of rotatable bonds is 14. The first-order chi connectivity index (χ1) is 24.5. The third kappa shape index (κ3) is 8.99. The lowest BCUT2D eigenvalue weighted by Gasteiger charge is -2.48. The summed E-state index contributed by atoms with van der Waals surface area (Å²) in [5, 5.41) is -0.140. The first-order valence-electron chi connectivity index (χ1n) is 19.2. The van der Waals surface area contributed by atoms with E-state index in [1.54, 1.807) is 19.1 Å². The number of hydrogen-bond donors (Lipinski definition) is 1. The minimum Gasteiger partial charge on any atom is -0.490 e. The molecule has 2 heterocycles. The molecule has 52 heavy (non-hydrogen) atoms. The summed E-state index contributed by atoms with van der Waals surface area (Å²) in [5.74, 6) is 0.773. The molecule has 11 heteroatoms. The third-order valence-corrected chi connectivity index (χ3v) is 18.5. The van der Waals surface area contributed by atoms with Crippen molar-refractivity contribution in [3.63, 3.8) is 0 Å². The number of benzene rings is 1. The van der Waals surface area contributed by atoms with E-state index < -0.39 is 29.5 Å². The molecule has 1 saturated carbocycles. The molecule has 286 valence electrons. The Balaban J connectivity index is 1.50. The summed E-state index contributed by atoms with van der Waals surface area (Å²) in [4.78, 5) is 20.7. The second-order valence-corrected chi connectivity index (χ2v) is 24.1. The largest absolute Gasteiger partial charge is 0.490 e. The SMILES string of the molecule is C=CCC[C@@H](C)S(=O)(=O)NC(=O)c1ccc2c(c1)N(C[C@@H]1CC[C@H]1[C@H](/C=C/CCC)O[Si](C)(C)C(C)(C)C)C[C@@]1(CCCc3nc(Cl)ccc31)CO2. The number of amides is 1. The predicted octanol–water partition coefficient (Wildman–Crippen LogP) is 9.40. The van der Waals surface area contributed by atoms with Crippen molar-refractivity contribution in [2.75, 3.05) is 24.6 Å². The third-order valence-electron chi connectivity index (χ3n) is 12.1. The molecule has 5 rings (SSSR count). The number of carbonyl (C=O) groups excluding carboxylic acids is 1. The predicted molar refractivity (Wildman–Crippen MR) is 216 cm³/mol. The van der Waals surface area contributed by atoms with Gasteiger partial charge in [0.2, 0.25) is 10.0 Å². The molecular weight excluding hydrogens is 710 g/mol. The molecule has 2 aromatic rings. The molecule has 1 aromatic heterocycles. The van der Waals surface area contributed by atoms with Gasteiger partial charge >= 0.3 is 0 Å². The molecule has 0 saturated heterocycles. The van der Waals surface area contributed by atoms with E-state index in [1.807, 2.05) is 18.2 Å². The van der Waals surface area contributed by atoms with E-state index in [1.165, 1.54) is 5.56 Å². The van der Waals surface area contributed by atoms with Crippen molar-refractivity contribution in [3.8, 4) is 5.75 Å². The fourth-order valence-corrected chi connectivity index (χ4v) is 10.1. The van der Waals surface area contributed by atoms with Crippen molar-refractivity contribution >= 4 is 41.5 Å². The van der Waals surface area contributed by atoms with Crippen molar-refractivity contribution in [1.29, 1.82) is 0 Å². The van der Waals surface area contributed by atoms with E-state index in [9.17, 15) is 13.2 Å². The van der Waals surface area contributed by atoms with Crippen LogP contribution in [-0.4, -0.2) is 58.7 Å². The number of nitrogens with zero attached hydrogens (tertiary/aromatic N) is 2. The van der Waals surface area contributed by atoms with E-state index in [0.717, 1.165) is 62.9 Å². The van der Waals surface area contributed by atoms with Crippen molar-refractivity contribution < 1.29 is 22.4 Å². The van der Waals surface area contributed by atoms with Gasteiger partial charge in [-0.05, 0) is 118 Å². The lowest BCUT2D eigenvalue weighted by molar-refractivity contribution is 0.0524. The van der Waals surface area contributed by atoms with Crippen LogP contribution in [0.3, 0.4) is 0 Å². The highest BCUT2D eigenvalue weighted by Crippen LogP contribution is 2.48. The number of hydrogen-bond acceptors (Lipinski definition) is 7. The van der Waals surface area contributed by atoms with Crippen LogP contribution in [0.25, 0.3) is 0 Å². The van der Waals surface area contributed by atoms with Crippen LogP contribution in [-0.2, 0) is 26.3 Å². The maximum absolute atomic E-state index is 13.6. The van der Waals surface area contributed by atoms with Gasteiger partial charge in [0.25, 0.3) is 5.91 Å². The number of ether oxygens (including phenoxy) is 1. The van der Waals surface area contributed by atoms with Crippen molar-refractivity contribution in [1.82, 2.24) is 9.71 Å².